The second-order valence-electron chi connectivity index (χ2n) is 7.81. The zero-order valence-corrected chi connectivity index (χ0v) is 17.5. The molecule has 0 bridgehead atoms. The zero-order valence-electron chi connectivity index (χ0n) is 17.5. The van der Waals surface area contributed by atoms with Crippen LogP contribution in [0.25, 0.3) is 27.9 Å². The molecule has 0 fully saturated rings. The van der Waals surface area contributed by atoms with Crippen LogP contribution in [-0.2, 0) is 6.54 Å². The minimum Gasteiger partial charge on any atom is -0.292 e. The molecule has 0 amide bonds. The fourth-order valence-corrected chi connectivity index (χ4v) is 3.99. The summed E-state index contributed by atoms with van der Waals surface area (Å²) >= 11 is 0. The molecular weight excluding hydrogens is 407 g/mol. The first kappa shape index (κ1) is 19.8. The van der Waals surface area contributed by atoms with Gasteiger partial charge in [-0.25, -0.2) is 14.2 Å². The summed E-state index contributed by atoms with van der Waals surface area (Å²) in [4.78, 5) is 31.0. The number of aryl methyl sites for hydroxylation is 2. The van der Waals surface area contributed by atoms with Crippen LogP contribution in [0.5, 0.6) is 0 Å². The highest BCUT2D eigenvalue weighted by Crippen LogP contribution is 2.22. The van der Waals surface area contributed by atoms with Gasteiger partial charge in [0.05, 0.1) is 12.1 Å². The third-order valence-electron chi connectivity index (χ3n) is 5.52. The Kier molecular flexibility index (Phi) is 4.66. The van der Waals surface area contributed by atoms with E-state index >= 15 is 0 Å². The minimum absolute atomic E-state index is 0.131. The van der Waals surface area contributed by atoms with Gasteiger partial charge in [-0.05, 0) is 43.7 Å². The van der Waals surface area contributed by atoms with E-state index in [9.17, 15) is 14.0 Å². The van der Waals surface area contributed by atoms with Crippen molar-refractivity contribution in [2.24, 2.45) is 0 Å². The number of aromatic nitrogens is 4. The third kappa shape index (κ3) is 3.28. The number of Topliss-reactive ketones (excluding diaryl/α,β-unsaturated/α-hetero) is 1. The number of ketones is 1. The molecule has 7 heteroatoms. The van der Waals surface area contributed by atoms with Crippen LogP contribution in [0.4, 0.5) is 4.39 Å². The van der Waals surface area contributed by atoms with E-state index in [2.05, 4.69) is 10.1 Å². The number of carbonyl (C=O) groups excluding carboxylic acids is 1. The topological polar surface area (TPSA) is 69.3 Å². The minimum atomic E-state index is -0.480. The molecule has 0 aliphatic heterocycles. The molecule has 0 saturated carbocycles. The van der Waals surface area contributed by atoms with Crippen molar-refractivity contribution in [3.05, 3.63) is 99.7 Å². The Morgan fingerprint density at radius 3 is 2.59 bits per heavy atom. The van der Waals surface area contributed by atoms with E-state index in [0.29, 0.717) is 27.7 Å². The number of nitrogens with zero attached hydrogens (tertiary/aromatic N) is 4. The monoisotopic (exact) mass is 426 g/mol. The molecule has 32 heavy (non-hydrogen) atoms. The second-order valence-corrected chi connectivity index (χ2v) is 7.81. The average molecular weight is 426 g/mol. The molecule has 0 saturated heterocycles. The van der Waals surface area contributed by atoms with Gasteiger partial charge in [0.2, 0.25) is 0 Å². The van der Waals surface area contributed by atoms with Gasteiger partial charge in [0.25, 0.3) is 0 Å². The van der Waals surface area contributed by atoms with E-state index in [-0.39, 0.29) is 18.2 Å². The lowest BCUT2D eigenvalue weighted by atomic mass is 10.0. The van der Waals surface area contributed by atoms with Crippen LogP contribution in [-0.4, -0.2) is 24.9 Å². The fourth-order valence-electron chi connectivity index (χ4n) is 3.99. The lowest BCUT2D eigenvalue weighted by Gasteiger charge is -2.11. The number of hydrogen-bond acceptors (Lipinski definition) is 4. The van der Waals surface area contributed by atoms with E-state index in [4.69, 9.17) is 0 Å². The predicted octanol–water partition coefficient (Wildman–Crippen LogP) is 4.35. The summed E-state index contributed by atoms with van der Waals surface area (Å²) in [7, 11) is 0. The summed E-state index contributed by atoms with van der Waals surface area (Å²) in [6.45, 7) is 3.72. The largest absolute Gasteiger partial charge is 0.351 e. The number of rotatable bonds is 4. The Morgan fingerprint density at radius 1 is 1.00 bits per heavy atom. The van der Waals surface area contributed by atoms with Gasteiger partial charge in [0, 0.05) is 16.5 Å². The maximum atomic E-state index is 13.7. The van der Waals surface area contributed by atoms with Crippen LogP contribution in [0.1, 0.15) is 21.5 Å². The maximum Gasteiger partial charge on any atom is 0.351 e. The summed E-state index contributed by atoms with van der Waals surface area (Å²) in [6.07, 6.45) is 0. The van der Waals surface area contributed by atoms with E-state index in [1.54, 1.807) is 30.3 Å². The molecule has 158 valence electrons. The molecule has 5 rings (SSSR count). The molecule has 0 spiro atoms. The SMILES string of the molecule is Cc1ccc(C(=O)Cn2c(=O)n3nc(-c4cccc(F)c4)nc3c3ccccc32)c(C)c1. The van der Waals surface area contributed by atoms with Gasteiger partial charge in [-0.2, -0.15) is 4.52 Å². The number of carbonyl (C=O) groups is 1. The molecule has 2 aromatic heterocycles. The van der Waals surface area contributed by atoms with Crippen LogP contribution in [0.3, 0.4) is 0 Å². The van der Waals surface area contributed by atoms with Crippen molar-refractivity contribution in [3.8, 4) is 11.4 Å². The normalized spacial score (nSPS) is 11.3. The van der Waals surface area contributed by atoms with Crippen LogP contribution >= 0.6 is 0 Å². The van der Waals surface area contributed by atoms with Gasteiger partial charge in [0.15, 0.2) is 17.3 Å². The van der Waals surface area contributed by atoms with E-state index < -0.39 is 11.5 Å². The summed E-state index contributed by atoms with van der Waals surface area (Å²) in [6, 6.07) is 18.8. The Balaban J connectivity index is 1.69. The smallest absolute Gasteiger partial charge is 0.292 e. The molecule has 2 heterocycles. The van der Waals surface area contributed by atoms with Gasteiger partial charge < -0.3 is 0 Å². The highest BCUT2D eigenvalue weighted by molar-refractivity contribution is 5.99. The van der Waals surface area contributed by atoms with Gasteiger partial charge in [0.1, 0.15) is 5.82 Å². The summed E-state index contributed by atoms with van der Waals surface area (Å²) in [5.41, 5.74) is 3.44. The molecule has 0 aliphatic carbocycles. The van der Waals surface area contributed by atoms with Crippen LogP contribution in [0, 0.1) is 19.7 Å². The number of halogens is 1. The van der Waals surface area contributed by atoms with Crippen LogP contribution < -0.4 is 5.69 Å². The van der Waals surface area contributed by atoms with E-state index in [1.165, 1.54) is 21.2 Å². The van der Waals surface area contributed by atoms with E-state index in [1.807, 2.05) is 38.1 Å². The predicted molar refractivity (Wildman–Crippen MR) is 120 cm³/mol. The fraction of sp³-hybridized carbons (Fsp3) is 0.120. The van der Waals surface area contributed by atoms with Gasteiger partial charge in [-0.3, -0.25) is 9.36 Å². The zero-order chi connectivity index (χ0) is 22.4. The van der Waals surface area contributed by atoms with Crippen molar-refractivity contribution in [1.29, 1.82) is 0 Å². The van der Waals surface area contributed by atoms with Gasteiger partial charge in [-0.1, -0.05) is 48.0 Å². The van der Waals surface area contributed by atoms with Crippen molar-refractivity contribution in [2.75, 3.05) is 0 Å². The van der Waals surface area contributed by atoms with Crippen molar-refractivity contribution in [3.63, 3.8) is 0 Å². The maximum absolute atomic E-state index is 13.7. The summed E-state index contributed by atoms with van der Waals surface area (Å²) in [5, 5.41) is 5.01. The van der Waals surface area contributed by atoms with Crippen molar-refractivity contribution in [2.45, 2.75) is 20.4 Å². The number of para-hydroxylation sites is 1. The number of fused-ring (bicyclic) bond motifs is 3. The highest BCUT2D eigenvalue weighted by atomic mass is 19.1. The van der Waals surface area contributed by atoms with Crippen molar-refractivity contribution >= 4 is 22.3 Å². The molecule has 3 aromatic carbocycles. The van der Waals surface area contributed by atoms with Crippen LogP contribution in [0.15, 0.2) is 71.5 Å². The third-order valence-corrected chi connectivity index (χ3v) is 5.52. The first-order valence-corrected chi connectivity index (χ1v) is 10.2. The summed E-state index contributed by atoms with van der Waals surface area (Å²) in [5.74, 6) is -0.340. The average Bonchev–Trinajstić information content (AvgIpc) is 3.22. The lowest BCUT2D eigenvalue weighted by molar-refractivity contribution is 0.0971. The molecule has 5 aromatic rings. The first-order chi connectivity index (χ1) is 15.4. The Hall–Kier alpha value is -4.13. The van der Waals surface area contributed by atoms with E-state index in [0.717, 1.165) is 11.1 Å². The van der Waals surface area contributed by atoms with Crippen LogP contribution in [0.2, 0.25) is 0 Å². The number of hydrogen-bond donors (Lipinski definition) is 0. The standard InChI is InChI=1S/C25H19FN4O2/c1-15-10-11-19(16(2)12-15)22(31)14-29-21-9-4-3-8-20(21)24-27-23(28-30(24)25(29)32)17-6-5-7-18(26)13-17/h3-13H,14H2,1-2H3. The van der Waals surface area contributed by atoms with Gasteiger partial charge >= 0.3 is 5.69 Å². The Bertz CT molecular complexity index is 1580. The lowest BCUT2D eigenvalue weighted by Crippen LogP contribution is -2.30. The highest BCUT2D eigenvalue weighted by Gasteiger charge is 2.19. The molecular formula is C25H19FN4O2. The summed E-state index contributed by atoms with van der Waals surface area (Å²) < 4.78 is 16.3. The molecule has 0 atom stereocenters. The molecule has 0 N–H and O–H groups in total. The van der Waals surface area contributed by atoms with Crippen molar-refractivity contribution in [1.82, 2.24) is 19.2 Å². The quantitative estimate of drug-likeness (QED) is 0.401. The van der Waals surface area contributed by atoms with Crippen molar-refractivity contribution < 1.29 is 9.18 Å². The Labute approximate surface area is 182 Å². The molecule has 0 radical (unpaired) electrons. The first-order valence-electron chi connectivity index (χ1n) is 10.2. The molecule has 0 aliphatic rings. The molecule has 0 unspecified atom stereocenters. The molecule has 6 nitrogen and oxygen atoms in total. The Morgan fingerprint density at radius 2 is 1.81 bits per heavy atom. The second kappa shape index (κ2) is 7.53. The number of benzene rings is 3. The van der Waals surface area contributed by atoms with Gasteiger partial charge in [-0.15, -0.1) is 5.10 Å².